The van der Waals surface area contributed by atoms with Gasteiger partial charge < -0.3 is 5.73 Å². The van der Waals surface area contributed by atoms with Crippen molar-refractivity contribution in [2.45, 2.75) is 6.18 Å². The van der Waals surface area contributed by atoms with Crippen molar-refractivity contribution in [3.8, 4) is 11.3 Å². The molecule has 0 bridgehead atoms. The Bertz CT molecular complexity index is 671. The lowest BCUT2D eigenvalue weighted by atomic mass is 10.1. The van der Waals surface area contributed by atoms with Crippen molar-refractivity contribution >= 4 is 28.9 Å². The summed E-state index contributed by atoms with van der Waals surface area (Å²) in [6, 6.07) is 2.79. The lowest BCUT2D eigenvalue weighted by Crippen LogP contribution is -2.06. The number of alkyl halides is 3. The minimum Gasteiger partial charge on any atom is -0.398 e. The molecule has 0 aliphatic rings. The van der Waals surface area contributed by atoms with Crippen molar-refractivity contribution in [3.05, 3.63) is 45.8 Å². The number of nitrogens with zero attached hydrogens (tertiary/aromatic N) is 1. The van der Waals surface area contributed by atoms with E-state index >= 15 is 0 Å². The van der Waals surface area contributed by atoms with E-state index in [4.69, 9.17) is 28.9 Å². The van der Waals surface area contributed by atoms with Gasteiger partial charge in [0.05, 0.1) is 27.0 Å². The lowest BCUT2D eigenvalue weighted by Gasteiger charge is -2.10. The van der Waals surface area contributed by atoms with Crippen LogP contribution in [0.15, 0.2) is 24.4 Å². The molecular weight excluding hydrogens is 319 g/mol. The highest BCUT2D eigenvalue weighted by Crippen LogP contribution is 2.36. The van der Waals surface area contributed by atoms with Gasteiger partial charge in [-0.1, -0.05) is 23.2 Å². The number of benzene rings is 1. The Balaban J connectivity index is 2.57. The molecule has 106 valence electrons. The summed E-state index contributed by atoms with van der Waals surface area (Å²) in [5, 5.41) is -0.338. The first-order valence-electron chi connectivity index (χ1n) is 5.18. The molecule has 0 aliphatic heterocycles. The van der Waals surface area contributed by atoms with Gasteiger partial charge in [-0.15, -0.1) is 0 Å². The molecule has 0 aliphatic carbocycles. The third kappa shape index (κ3) is 2.81. The van der Waals surface area contributed by atoms with E-state index in [0.29, 0.717) is 12.3 Å². The first kappa shape index (κ1) is 14.9. The predicted molar refractivity (Wildman–Crippen MR) is 69.1 cm³/mol. The number of anilines is 1. The Morgan fingerprint density at radius 2 is 1.70 bits per heavy atom. The highest BCUT2D eigenvalue weighted by atomic mass is 35.5. The Morgan fingerprint density at radius 1 is 1.05 bits per heavy atom. The van der Waals surface area contributed by atoms with Gasteiger partial charge in [0, 0.05) is 11.8 Å². The summed E-state index contributed by atoms with van der Waals surface area (Å²) in [6.07, 6.45) is -4.00. The molecule has 2 rings (SSSR count). The maximum Gasteiger partial charge on any atom is 0.417 e. The topological polar surface area (TPSA) is 38.9 Å². The Labute approximate surface area is 121 Å². The molecule has 0 atom stereocenters. The monoisotopic (exact) mass is 324 g/mol. The van der Waals surface area contributed by atoms with Crippen molar-refractivity contribution in [3.63, 3.8) is 0 Å². The number of hydrogen-bond acceptors (Lipinski definition) is 2. The zero-order valence-corrected chi connectivity index (χ0v) is 11.1. The zero-order valence-electron chi connectivity index (χ0n) is 9.60. The fourth-order valence-corrected chi connectivity index (χ4v) is 1.96. The van der Waals surface area contributed by atoms with Crippen LogP contribution in [0.2, 0.25) is 10.0 Å². The van der Waals surface area contributed by atoms with E-state index in [-0.39, 0.29) is 27.0 Å². The average molecular weight is 325 g/mol. The number of halogens is 6. The minimum absolute atomic E-state index is 0.00529. The second-order valence-corrected chi connectivity index (χ2v) is 4.72. The third-order valence-corrected chi connectivity index (χ3v) is 3.13. The summed E-state index contributed by atoms with van der Waals surface area (Å²) in [7, 11) is 0. The summed E-state index contributed by atoms with van der Waals surface area (Å²) in [6.45, 7) is 0. The van der Waals surface area contributed by atoms with Crippen LogP contribution >= 0.6 is 23.2 Å². The van der Waals surface area contributed by atoms with Crippen LogP contribution in [-0.2, 0) is 6.18 Å². The van der Waals surface area contributed by atoms with Crippen LogP contribution in [0.25, 0.3) is 11.3 Å². The highest BCUT2D eigenvalue weighted by Gasteiger charge is 2.31. The summed E-state index contributed by atoms with van der Waals surface area (Å²) in [5.74, 6) is -0.779. The smallest absolute Gasteiger partial charge is 0.398 e. The van der Waals surface area contributed by atoms with E-state index in [1.807, 2.05) is 0 Å². The molecule has 8 heteroatoms. The second kappa shape index (κ2) is 5.10. The molecule has 0 spiro atoms. The van der Waals surface area contributed by atoms with Crippen LogP contribution in [0.3, 0.4) is 0 Å². The molecule has 1 heterocycles. The molecule has 2 nitrogen and oxygen atoms in total. The first-order valence-corrected chi connectivity index (χ1v) is 5.93. The van der Waals surface area contributed by atoms with Gasteiger partial charge in [0.15, 0.2) is 0 Å². The maximum atomic E-state index is 13.8. The van der Waals surface area contributed by atoms with Gasteiger partial charge in [0.25, 0.3) is 0 Å². The van der Waals surface area contributed by atoms with Crippen molar-refractivity contribution in [2.24, 2.45) is 0 Å². The number of aromatic nitrogens is 1. The van der Waals surface area contributed by atoms with Gasteiger partial charge in [-0.2, -0.15) is 13.2 Å². The first-order chi connectivity index (χ1) is 9.20. The van der Waals surface area contributed by atoms with Gasteiger partial charge in [0.1, 0.15) is 5.82 Å². The van der Waals surface area contributed by atoms with Gasteiger partial charge in [0.2, 0.25) is 0 Å². The third-order valence-electron chi connectivity index (χ3n) is 2.51. The average Bonchev–Trinajstić information content (AvgIpc) is 2.33. The summed E-state index contributed by atoms with van der Waals surface area (Å²) in [4.78, 5) is 3.56. The van der Waals surface area contributed by atoms with Crippen molar-refractivity contribution in [1.82, 2.24) is 4.98 Å². The van der Waals surface area contributed by atoms with Crippen molar-refractivity contribution in [2.75, 3.05) is 5.73 Å². The standard InChI is InChI=1S/C12H6Cl2F4N2/c13-7-3-9(15)6(2-10(7)19)11-8(14)1-5(4-20-11)12(16,17)18/h1-4H,19H2. The van der Waals surface area contributed by atoms with Crippen LogP contribution in [-0.4, -0.2) is 4.98 Å². The Hall–Kier alpha value is -1.53. The van der Waals surface area contributed by atoms with Gasteiger partial charge in [-0.3, -0.25) is 4.98 Å². The SMILES string of the molecule is Nc1cc(-c2ncc(C(F)(F)F)cc2Cl)c(F)cc1Cl. The molecule has 20 heavy (non-hydrogen) atoms. The van der Waals surface area contributed by atoms with Crippen LogP contribution in [0.5, 0.6) is 0 Å². The van der Waals surface area contributed by atoms with Crippen LogP contribution in [0, 0.1) is 5.82 Å². The second-order valence-electron chi connectivity index (χ2n) is 3.91. The van der Waals surface area contributed by atoms with E-state index in [0.717, 1.165) is 6.07 Å². The fraction of sp³-hybridized carbons (Fsp3) is 0.0833. The molecule has 0 amide bonds. The van der Waals surface area contributed by atoms with E-state index in [2.05, 4.69) is 4.98 Å². The van der Waals surface area contributed by atoms with Crippen molar-refractivity contribution in [1.29, 1.82) is 0 Å². The van der Waals surface area contributed by atoms with Gasteiger partial charge in [-0.05, 0) is 18.2 Å². The van der Waals surface area contributed by atoms with Crippen LogP contribution < -0.4 is 5.73 Å². The van der Waals surface area contributed by atoms with Gasteiger partial charge in [-0.25, -0.2) is 4.39 Å². The number of pyridine rings is 1. The normalized spacial score (nSPS) is 11.7. The minimum atomic E-state index is -4.58. The largest absolute Gasteiger partial charge is 0.417 e. The fourth-order valence-electron chi connectivity index (χ4n) is 1.54. The van der Waals surface area contributed by atoms with Crippen LogP contribution in [0.1, 0.15) is 5.56 Å². The molecule has 0 saturated carbocycles. The molecule has 2 N–H and O–H groups in total. The number of hydrogen-bond donors (Lipinski definition) is 1. The van der Waals surface area contributed by atoms with E-state index in [1.165, 1.54) is 6.07 Å². The molecule has 0 unspecified atom stereocenters. The van der Waals surface area contributed by atoms with E-state index in [9.17, 15) is 17.6 Å². The molecular formula is C12H6Cl2F4N2. The number of nitrogen functional groups attached to an aromatic ring is 1. The molecule has 1 aromatic carbocycles. The molecule has 0 radical (unpaired) electrons. The molecule has 0 fully saturated rings. The maximum absolute atomic E-state index is 13.8. The van der Waals surface area contributed by atoms with Crippen LogP contribution in [0.4, 0.5) is 23.2 Å². The molecule has 1 aromatic heterocycles. The Kier molecular flexibility index (Phi) is 3.80. The van der Waals surface area contributed by atoms with E-state index in [1.54, 1.807) is 0 Å². The number of rotatable bonds is 1. The Morgan fingerprint density at radius 3 is 2.25 bits per heavy atom. The predicted octanol–water partition coefficient (Wildman–Crippen LogP) is 4.80. The summed E-state index contributed by atoms with van der Waals surface area (Å²) >= 11 is 11.4. The molecule has 0 saturated heterocycles. The highest BCUT2D eigenvalue weighted by molar-refractivity contribution is 6.34. The van der Waals surface area contributed by atoms with Crippen molar-refractivity contribution < 1.29 is 17.6 Å². The molecule has 2 aromatic rings. The zero-order chi connectivity index (χ0) is 15.1. The quantitative estimate of drug-likeness (QED) is 0.604. The number of nitrogens with two attached hydrogens (primary N) is 1. The summed E-state index contributed by atoms with van der Waals surface area (Å²) in [5.41, 5.74) is 4.32. The lowest BCUT2D eigenvalue weighted by molar-refractivity contribution is -0.137. The summed E-state index contributed by atoms with van der Waals surface area (Å²) < 4.78 is 51.2. The van der Waals surface area contributed by atoms with E-state index < -0.39 is 17.6 Å². The van der Waals surface area contributed by atoms with Gasteiger partial charge >= 0.3 is 6.18 Å².